The van der Waals surface area contributed by atoms with E-state index in [1.807, 2.05) is 36.1 Å². The molecule has 2 heterocycles. The van der Waals surface area contributed by atoms with Gasteiger partial charge < -0.3 is 10.7 Å². The number of primary amides is 1. The van der Waals surface area contributed by atoms with Gasteiger partial charge in [0, 0.05) is 40.3 Å². The Balaban J connectivity index is 1.66. The second kappa shape index (κ2) is 8.82. The number of rotatable bonds is 5. The van der Waals surface area contributed by atoms with Crippen LogP contribution in [0.4, 0.5) is 13.2 Å². The van der Waals surface area contributed by atoms with E-state index in [4.69, 9.17) is 5.73 Å². The smallest absolute Gasteiger partial charge is 0.248 e. The number of hydrogen-bond donors (Lipinski definition) is 2. The average molecular weight is 492 g/mol. The second-order valence-corrected chi connectivity index (χ2v) is 10.2. The number of nitrogens with one attached hydrogen (secondary N) is 1. The summed E-state index contributed by atoms with van der Waals surface area (Å²) in [4.78, 5) is 16.6. The molecule has 0 aliphatic carbocycles. The van der Waals surface area contributed by atoms with Crippen LogP contribution in [0.2, 0.25) is 0 Å². The zero-order chi connectivity index (χ0) is 25.8. The number of fused-ring (bicyclic) bond motifs is 3. The maximum Gasteiger partial charge on any atom is 0.248 e. The van der Waals surface area contributed by atoms with E-state index < -0.39 is 29.3 Å². The minimum Gasteiger partial charge on any atom is -0.366 e. The number of alkyl halides is 1. The molecule has 4 nitrogen and oxygen atoms in total. The van der Waals surface area contributed by atoms with Gasteiger partial charge in [0.15, 0.2) is 0 Å². The van der Waals surface area contributed by atoms with Gasteiger partial charge in [-0.15, -0.1) is 0 Å². The number of amides is 1. The molecule has 0 bridgehead atoms. The summed E-state index contributed by atoms with van der Waals surface area (Å²) in [6, 6.07) is 15.6. The van der Waals surface area contributed by atoms with Crippen LogP contribution in [0.5, 0.6) is 0 Å². The van der Waals surface area contributed by atoms with Crippen LogP contribution in [0.15, 0.2) is 60.7 Å². The van der Waals surface area contributed by atoms with Gasteiger partial charge >= 0.3 is 0 Å². The summed E-state index contributed by atoms with van der Waals surface area (Å²) in [7, 11) is 0. The molecular weight excluding hydrogens is 463 g/mol. The Morgan fingerprint density at radius 2 is 1.69 bits per heavy atom. The maximum absolute atomic E-state index is 15.8. The van der Waals surface area contributed by atoms with E-state index >= 15 is 8.78 Å². The molecule has 186 valence electrons. The van der Waals surface area contributed by atoms with Crippen LogP contribution in [0, 0.1) is 11.6 Å². The van der Waals surface area contributed by atoms with Crippen molar-refractivity contribution in [2.75, 3.05) is 6.54 Å². The summed E-state index contributed by atoms with van der Waals surface area (Å²) in [6.45, 7) is 4.93. The predicted octanol–water partition coefficient (Wildman–Crippen LogP) is 6.30. The van der Waals surface area contributed by atoms with E-state index in [-0.39, 0.29) is 18.2 Å². The number of aromatic amines is 1. The molecule has 0 unspecified atom stereocenters. The Hall–Kier alpha value is -3.58. The number of aromatic nitrogens is 1. The van der Waals surface area contributed by atoms with Gasteiger partial charge in [-0.2, -0.15) is 0 Å². The molecular formula is C29H28F3N3O. The number of para-hydroxylation sites is 1. The molecule has 5 rings (SSSR count). The highest BCUT2D eigenvalue weighted by Crippen LogP contribution is 2.43. The number of nitrogens with zero attached hydrogens (tertiary/aromatic N) is 1. The number of H-pyrrole nitrogens is 1. The zero-order valence-electron chi connectivity index (χ0n) is 20.4. The highest BCUT2D eigenvalue weighted by Gasteiger charge is 2.41. The molecule has 2 atom stereocenters. The lowest BCUT2D eigenvalue weighted by molar-refractivity contribution is 0.0643. The Bertz CT molecular complexity index is 1430. The molecule has 3 N–H and O–H groups in total. The fourth-order valence-corrected chi connectivity index (χ4v) is 5.34. The lowest BCUT2D eigenvalue weighted by atomic mass is 9.86. The molecule has 0 saturated heterocycles. The number of carbonyl (C=O) groups excluding carboxylic acids is 1. The Labute approximate surface area is 207 Å². The lowest BCUT2D eigenvalue weighted by Gasteiger charge is -2.43. The third kappa shape index (κ3) is 4.28. The van der Waals surface area contributed by atoms with Crippen LogP contribution in [-0.4, -0.2) is 34.0 Å². The molecule has 1 amide bonds. The van der Waals surface area contributed by atoms with Crippen molar-refractivity contribution in [2.24, 2.45) is 5.73 Å². The van der Waals surface area contributed by atoms with E-state index in [2.05, 4.69) is 4.98 Å². The third-order valence-electron chi connectivity index (χ3n) is 6.93. The van der Waals surface area contributed by atoms with Crippen LogP contribution in [0.1, 0.15) is 54.0 Å². The molecule has 4 aromatic rings. The summed E-state index contributed by atoms with van der Waals surface area (Å²) in [5, 5.41) is 1.01. The van der Waals surface area contributed by atoms with Crippen molar-refractivity contribution in [3.63, 3.8) is 0 Å². The van der Waals surface area contributed by atoms with Gasteiger partial charge in [0.2, 0.25) is 5.91 Å². The molecule has 7 heteroatoms. The first kappa shape index (κ1) is 24.1. The highest BCUT2D eigenvalue weighted by atomic mass is 19.1. The van der Waals surface area contributed by atoms with Crippen LogP contribution >= 0.6 is 0 Å². The van der Waals surface area contributed by atoms with Crippen molar-refractivity contribution in [3.8, 4) is 11.1 Å². The first-order chi connectivity index (χ1) is 17.0. The molecule has 0 saturated carbocycles. The predicted molar refractivity (Wildman–Crippen MR) is 136 cm³/mol. The number of nitrogens with two attached hydrogens (primary N) is 1. The normalized spacial score (nSPS) is 18.4. The van der Waals surface area contributed by atoms with Crippen LogP contribution < -0.4 is 5.73 Å². The van der Waals surface area contributed by atoms with Crippen molar-refractivity contribution in [1.82, 2.24) is 9.88 Å². The largest absolute Gasteiger partial charge is 0.366 e. The molecule has 0 spiro atoms. The number of benzene rings is 3. The number of carbonyl (C=O) groups is 1. The monoisotopic (exact) mass is 491 g/mol. The molecule has 0 radical (unpaired) electrons. The van der Waals surface area contributed by atoms with Crippen molar-refractivity contribution in [2.45, 2.75) is 44.9 Å². The second-order valence-electron chi connectivity index (χ2n) is 10.2. The van der Waals surface area contributed by atoms with Gasteiger partial charge in [-0.25, -0.2) is 13.2 Å². The van der Waals surface area contributed by atoms with Gasteiger partial charge in [-0.3, -0.25) is 9.69 Å². The summed E-state index contributed by atoms with van der Waals surface area (Å²) in [6.07, 6.45) is 0.638. The molecule has 36 heavy (non-hydrogen) atoms. The average Bonchev–Trinajstić information content (AvgIpc) is 3.17. The fraction of sp³-hybridized carbons (Fsp3) is 0.276. The summed E-state index contributed by atoms with van der Waals surface area (Å²) in [5.74, 6) is -2.01. The minimum atomic E-state index is -1.56. The van der Waals surface area contributed by atoms with Gasteiger partial charge in [0.25, 0.3) is 0 Å². The minimum absolute atomic E-state index is 0.0167. The van der Waals surface area contributed by atoms with Crippen molar-refractivity contribution >= 4 is 16.8 Å². The van der Waals surface area contributed by atoms with E-state index in [0.29, 0.717) is 28.8 Å². The van der Waals surface area contributed by atoms with E-state index in [1.54, 1.807) is 12.1 Å². The van der Waals surface area contributed by atoms with E-state index in [1.165, 1.54) is 38.1 Å². The van der Waals surface area contributed by atoms with Gasteiger partial charge in [0.05, 0.1) is 6.04 Å². The SMILES string of the molecule is C[C@@H]1Cc2c([nH]c3ccccc23)[C@@H](c2c(F)cc(-c3ccc(C(N)=O)cc3)cc2F)N1CC(C)(C)F. The quantitative estimate of drug-likeness (QED) is 0.344. The first-order valence-electron chi connectivity index (χ1n) is 12.0. The van der Waals surface area contributed by atoms with E-state index in [0.717, 1.165) is 16.5 Å². The van der Waals surface area contributed by atoms with Crippen LogP contribution in [0.25, 0.3) is 22.0 Å². The van der Waals surface area contributed by atoms with Gasteiger partial charge in [0.1, 0.15) is 17.3 Å². The first-order valence-corrected chi connectivity index (χ1v) is 12.0. The number of halogens is 3. The maximum atomic E-state index is 15.8. The van der Waals surface area contributed by atoms with Crippen molar-refractivity contribution in [1.29, 1.82) is 0 Å². The van der Waals surface area contributed by atoms with Crippen LogP contribution in [0.3, 0.4) is 0 Å². The Kier molecular flexibility index (Phi) is 5.91. The molecule has 1 aliphatic rings. The summed E-state index contributed by atoms with van der Waals surface area (Å²) >= 11 is 0. The summed E-state index contributed by atoms with van der Waals surface area (Å²) in [5.41, 5.74) is 7.38. The molecule has 3 aromatic carbocycles. The Morgan fingerprint density at radius 3 is 2.31 bits per heavy atom. The van der Waals surface area contributed by atoms with Gasteiger partial charge in [-0.1, -0.05) is 30.3 Å². The Morgan fingerprint density at radius 1 is 1.06 bits per heavy atom. The molecule has 1 aromatic heterocycles. The topological polar surface area (TPSA) is 62.1 Å². The lowest BCUT2D eigenvalue weighted by Crippen LogP contribution is -2.48. The van der Waals surface area contributed by atoms with Gasteiger partial charge in [-0.05, 0) is 74.2 Å². The zero-order valence-corrected chi connectivity index (χ0v) is 20.4. The van der Waals surface area contributed by atoms with E-state index in [9.17, 15) is 9.18 Å². The standard InChI is InChI=1S/C29H28F3N3O/c1-16-12-21-20-6-4-5-7-24(20)34-26(21)27(35(16)15-29(2,3)32)25-22(30)13-19(14-23(25)31)17-8-10-18(11-9-17)28(33)36/h4-11,13-14,16,27,34H,12,15H2,1-3H3,(H2,33,36)/t16-,27-/m1/s1. The molecule has 0 fully saturated rings. The highest BCUT2D eigenvalue weighted by molar-refractivity contribution is 5.93. The summed E-state index contributed by atoms with van der Waals surface area (Å²) < 4.78 is 46.6. The fourth-order valence-electron chi connectivity index (χ4n) is 5.34. The third-order valence-corrected chi connectivity index (χ3v) is 6.93. The van der Waals surface area contributed by atoms with Crippen LogP contribution in [-0.2, 0) is 6.42 Å². The molecule has 1 aliphatic heterocycles. The van der Waals surface area contributed by atoms with Crippen molar-refractivity contribution < 1.29 is 18.0 Å². The van der Waals surface area contributed by atoms with Crippen molar-refractivity contribution in [3.05, 3.63) is 94.7 Å². The number of hydrogen-bond acceptors (Lipinski definition) is 2.